The molecule has 1 amide bonds. The van der Waals surface area contributed by atoms with E-state index >= 15 is 0 Å². The Balaban J connectivity index is 2.08. The first-order valence-electron chi connectivity index (χ1n) is 8.06. The van der Waals surface area contributed by atoms with E-state index in [1.807, 2.05) is 24.3 Å². The number of carbonyl (C=O) groups excluding carboxylic acids is 1. The van der Waals surface area contributed by atoms with Gasteiger partial charge in [0.05, 0.1) is 24.9 Å². The van der Waals surface area contributed by atoms with Gasteiger partial charge in [0, 0.05) is 11.8 Å². The summed E-state index contributed by atoms with van der Waals surface area (Å²) in [4.78, 5) is 12.4. The van der Waals surface area contributed by atoms with Crippen LogP contribution in [0.5, 0.6) is 11.5 Å². The molecule has 0 fully saturated rings. The Kier molecular flexibility index (Phi) is 6.53. The highest BCUT2D eigenvalue weighted by atomic mass is 35.5. The van der Waals surface area contributed by atoms with Crippen molar-refractivity contribution in [1.29, 1.82) is 0 Å². The van der Waals surface area contributed by atoms with Gasteiger partial charge in [0.25, 0.3) is 0 Å². The molecule has 0 radical (unpaired) electrons. The maximum atomic E-state index is 12.4. The zero-order chi connectivity index (χ0) is 18.4. The molecule has 2 N–H and O–H groups in total. The molecule has 0 aromatic heterocycles. The molecule has 0 spiro atoms. The van der Waals surface area contributed by atoms with Gasteiger partial charge in [-0.1, -0.05) is 30.7 Å². The van der Waals surface area contributed by atoms with E-state index in [9.17, 15) is 4.79 Å². The summed E-state index contributed by atoms with van der Waals surface area (Å²) in [7, 11) is 3.08. The van der Waals surface area contributed by atoms with Crippen molar-refractivity contribution in [2.24, 2.45) is 0 Å². The Hall–Kier alpha value is -2.40. The second-order valence-corrected chi connectivity index (χ2v) is 6.00. The quantitative estimate of drug-likeness (QED) is 0.768. The highest BCUT2D eigenvalue weighted by molar-refractivity contribution is 6.32. The molecule has 25 heavy (non-hydrogen) atoms. The number of rotatable bonds is 7. The highest BCUT2D eigenvalue weighted by Crippen LogP contribution is 2.36. The van der Waals surface area contributed by atoms with Crippen LogP contribution in [0, 0.1) is 0 Å². The number of hydrogen-bond donors (Lipinski definition) is 2. The van der Waals surface area contributed by atoms with Crippen molar-refractivity contribution < 1.29 is 14.3 Å². The number of hydrogen-bond acceptors (Lipinski definition) is 4. The number of aryl methyl sites for hydroxylation is 1. The lowest BCUT2D eigenvalue weighted by atomic mass is 10.1. The topological polar surface area (TPSA) is 59.6 Å². The normalized spacial score (nSPS) is 11.6. The molecule has 6 heteroatoms. The van der Waals surface area contributed by atoms with Gasteiger partial charge in [0.15, 0.2) is 0 Å². The van der Waals surface area contributed by atoms with Crippen LogP contribution in [-0.4, -0.2) is 26.2 Å². The van der Waals surface area contributed by atoms with Crippen LogP contribution in [0.2, 0.25) is 5.02 Å². The number of ether oxygens (including phenoxy) is 2. The van der Waals surface area contributed by atoms with Gasteiger partial charge in [0.2, 0.25) is 5.91 Å². The van der Waals surface area contributed by atoms with Crippen LogP contribution < -0.4 is 20.1 Å². The Morgan fingerprint density at radius 2 is 1.76 bits per heavy atom. The molecular weight excluding hydrogens is 340 g/mol. The standard InChI is InChI=1S/C19H23ClN2O3/c1-5-13-6-8-14(9-7-13)22-19(23)12(2)21-16-10-15(20)17(24-3)11-18(16)25-4/h6-12,21H,5H2,1-4H3,(H,22,23)/t12-/m0/s1. The van der Waals surface area contributed by atoms with Crippen LogP contribution >= 0.6 is 11.6 Å². The minimum absolute atomic E-state index is 0.154. The van der Waals surface area contributed by atoms with E-state index in [1.54, 1.807) is 26.2 Å². The van der Waals surface area contributed by atoms with Crippen molar-refractivity contribution in [3.63, 3.8) is 0 Å². The van der Waals surface area contributed by atoms with Crippen LogP contribution in [0.3, 0.4) is 0 Å². The molecule has 1 atom stereocenters. The summed E-state index contributed by atoms with van der Waals surface area (Å²) in [6.45, 7) is 3.86. The van der Waals surface area contributed by atoms with Crippen LogP contribution in [0.4, 0.5) is 11.4 Å². The minimum atomic E-state index is -0.482. The fourth-order valence-electron chi connectivity index (χ4n) is 2.35. The number of anilines is 2. The molecule has 0 heterocycles. The van der Waals surface area contributed by atoms with Crippen LogP contribution in [0.25, 0.3) is 0 Å². The number of methoxy groups -OCH3 is 2. The Labute approximate surface area is 153 Å². The summed E-state index contributed by atoms with van der Waals surface area (Å²) in [6.07, 6.45) is 0.963. The van der Waals surface area contributed by atoms with Gasteiger partial charge in [-0.15, -0.1) is 0 Å². The smallest absolute Gasteiger partial charge is 0.246 e. The van der Waals surface area contributed by atoms with Crippen LogP contribution in [0.1, 0.15) is 19.4 Å². The van der Waals surface area contributed by atoms with Gasteiger partial charge in [-0.2, -0.15) is 0 Å². The van der Waals surface area contributed by atoms with Crippen molar-refractivity contribution in [3.8, 4) is 11.5 Å². The SMILES string of the molecule is CCc1ccc(NC(=O)[C@H](C)Nc2cc(Cl)c(OC)cc2OC)cc1. The lowest BCUT2D eigenvalue weighted by Gasteiger charge is -2.18. The summed E-state index contributed by atoms with van der Waals surface area (Å²) in [5.74, 6) is 0.906. The van der Waals surface area contributed by atoms with Crippen molar-refractivity contribution >= 4 is 28.9 Å². The third-order valence-electron chi connectivity index (χ3n) is 3.87. The maximum Gasteiger partial charge on any atom is 0.246 e. The molecule has 2 rings (SSSR count). The zero-order valence-corrected chi connectivity index (χ0v) is 15.6. The van der Waals surface area contributed by atoms with E-state index in [1.165, 1.54) is 12.7 Å². The van der Waals surface area contributed by atoms with E-state index in [-0.39, 0.29) is 5.91 Å². The summed E-state index contributed by atoms with van der Waals surface area (Å²) >= 11 is 6.16. The van der Waals surface area contributed by atoms with E-state index in [0.29, 0.717) is 22.2 Å². The van der Waals surface area contributed by atoms with Gasteiger partial charge in [-0.3, -0.25) is 4.79 Å². The van der Waals surface area contributed by atoms with E-state index in [4.69, 9.17) is 21.1 Å². The molecular formula is C19H23ClN2O3. The van der Waals surface area contributed by atoms with Gasteiger partial charge >= 0.3 is 0 Å². The number of halogens is 1. The predicted molar refractivity (Wildman–Crippen MR) is 102 cm³/mol. The largest absolute Gasteiger partial charge is 0.495 e. The molecule has 0 bridgehead atoms. The summed E-state index contributed by atoms with van der Waals surface area (Å²) in [5, 5.41) is 6.45. The number of nitrogens with one attached hydrogen (secondary N) is 2. The Bertz CT molecular complexity index is 732. The lowest BCUT2D eigenvalue weighted by Crippen LogP contribution is -2.32. The molecule has 0 aliphatic carbocycles. The van der Waals surface area contributed by atoms with E-state index < -0.39 is 6.04 Å². The van der Waals surface area contributed by atoms with Crippen molar-refractivity contribution in [3.05, 3.63) is 47.0 Å². The van der Waals surface area contributed by atoms with E-state index in [2.05, 4.69) is 17.6 Å². The van der Waals surface area contributed by atoms with Crippen LogP contribution in [-0.2, 0) is 11.2 Å². The zero-order valence-electron chi connectivity index (χ0n) is 14.9. The molecule has 5 nitrogen and oxygen atoms in total. The lowest BCUT2D eigenvalue weighted by molar-refractivity contribution is -0.116. The first-order valence-corrected chi connectivity index (χ1v) is 8.44. The number of carbonyl (C=O) groups is 1. The second-order valence-electron chi connectivity index (χ2n) is 5.59. The molecule has 2 aromatic rings. The van der Waals surface area contributed by atoms with Gasteiger partial charge < -0.3 is 20.1 Å². The Morgan fingerprint density at radius 3 is 2.32 bits per heavy atom. The second kappa shape index (κ2) is 8.62. The summed E-state index contributed by atoms with van der Waals surface area (Å²) < 4.78 is 10.5. The molecule has 0 saturated heterocycles. The van der Waals surface area contributed by atoms with Gasteiger partial charge in [0.1, 0.15) is 17.5 Å². The predicted octanol–water partition coefficient (Wildman–Crippen LogP) is 4.36. The van der Waals surface area contributed by atoms with Crippen molar-refractivity contribution in [2.45, 2.75) is 26.3 Å². The monoisotopic (exact) mass is 362 g/mol. The summed E-state index contributed by atoms with van der Waals surface area (Å²) in [5.41, 5.74) is 2.61. The molecule has 0 aliphatic rings. The third-order valence-corrected chi connectivity index (χ3v) is 4.16. The fraction of sp³-hybridized carbons (Fsp3) is 0.316. The first-order chi connectivity index (χ1) is 12.0. The Morgan fingerprint density at radius 1 is 1.12 bits per heavy atom. The van der Waals surface area contributed by atoms with Gasteiger partial charge in [-0.05, 0) is 37.1 Å². The minimum Gasteiger partial charge on any atom is -0.495 e. The maximum absolute atomic E-state index is 12.4. The first kappa shape index (κ1) is 18.9. The molecule has 0 aliphatic heterocycles. The number of benzene rings is 2. The van der Waals surface area contributed by atoms with Crippen molar-refractivity contribution in [2.75, 3.05) is 24.9 Å². The average molecular weight is 363 g/mol. The third kappa shape index (κ3) is 4.79. The highest BCUT2D eigenvalue weighted by Gasteiger charge is 2.17. The average Bonchev–Trinajstić information content (AvgIpc) is 2.62. The van der Waals surface area contributed by atoms with Crippen molar-refractivity contribution in [1.82, 2.24) is 0 Å². The molecule has 134 valence electrons. The molecule has 0 unspecified atom stereocenters. The molecule has 0 saturated carbocycles. The number of amides is 1. The van der Waals surface area contributed by atoms with E-state index in [0.717, 1.165) is 12.1 Å². The van der Waals surface area contributed by atoms with Crippen LogP contribution in [0.15, 0.2) is 36.4 Å². The summed E-state index contributed by atoms with van der Waals surface area (Å²) in [6, 6.07) is 10.7. The van der Waals surface area contributed by atoms with Gasteiger partial charge in [-0.25, -0.2) is 0 Å². The fourth-order valence-corrected chi connectivity index (χ4v) is 2.59. The molecule has 2 aromatic carbocycles.